The van der Waals surface area contributed by atoms with Crippen LogP contribution in [0.15, 0.2) is 42.5 Å². The van der Waals surface area contributed by atoms with Crippen molar-refractivity contribution < 1.29 is 23.7 Å². The molecule has 1 heterocycles. The zero-order valence-electron chi connectivity index (χ0n) is 12.6. The third-order valence-corrected chi connectivity index (χ3v) is 3.62. The fraction of sp³-hybridized carbons (Fsp3) is 0.0625. The van der Waals surface area contributed by atoms with Gasteiger partial charge in [0.15, 0.2) is 0 Å². The number of imide groups is 1. The number of para-hydroxylation sites is 1. The molecule has 2 aromatic rings. The van der Waals surface area contributed by atoms with E-state index in [0.29, 0.717) is 4.90 Å². The smallest absolute Gasteiger partial charge is 0.282 e. The number of nitro benzene ring substituents is 1. The van der Waals surface area contributed by atoms with Gasteiger partial charge in [0.1, 0.15) is 17.9 Å². The normalized spacial score (nSPS) is 12.9. The van der Waals surface area contributed by atoms with Crippen LogP contribution in [0.5, 0.6) is 0 Å². The maximum absolute atomic E-state index is 13.5. The summed E-state index contributed by atoms with van der Waals surface area (Å²) in [5.41, 5.74) is -1.10. The van der Waals surface area contributed by atoms with Crippen molar-refractivity contribution in [3.05, 3.63) is 69.5 Å². The molecule has 0 atom stereocenters. The summed E-state index contributed by atoms with van der Waals surface area (Å²) in [7, 11) is 0. The molecule has 25 heavy (non-hydrogen) atoms. The van der Waals surface area contributed by atoms with E-state index >= 15 is 0 Å². The third-order valence-electron chi connectivity index (χ3n) is 3.62. The van der Waals surface area contributed by atoms with Gasteiger partial charge < -0.3 is 5.32 Å². The molecule has 126 valence electrons. The standard InChI is InChI=1S/C16H10FN3O5/c17-10-5-1-2-6-11(10)18-13(21)8-19-15(22)9-4-3-7-12(20(24)25)14(9)16(19)23/h1-7H,8H2,(H,18,21). The zero-order chi connectivity index (χ0) is 18.1. The lowest BCUT2D eigenvalue weighted by molar-refractivity contribution is -0.385. The quantitative estimate of drug-likeness (QED) is 0.518. The molecule has 3 amide bonds. The first-order valence-corrected chi connectivity index (χ1v) is 7.08. The van der Waals surface area contributed by atoms with Gasteiger partial charge in [-0.3, -0.25) is 29.4 Å². The van der Waals surface area contributed by atoms with Gasteiger partial charge >= 0.3 is 0 Å². The Morgan fingerprint density at radius 3 is 2.52 bits per heavy atom. The number of nitrogens with zero attached hydrogens (tertiary/aromatic N) is 2. The summed E-state index contributed by atoms with van der Waals surface area (Å²) < 4.78 is 13.5. The molecule has 3 rings (SSSR count). The van der Waals surface area contributed by atoms with Gasteiger partial charge in [-0.05, 0) is 18.2 Å². The van der Waals surface area contributed by atoms with Crippen molar-refractivity contribution in [3.8, 4) is 0 Å². The van der Waals surface area contributed by atoms with Crippen LogP contribution < -0.4 is 5.32 Å². The maximum Gasteiger partial charge on any atom is 0.282 e. The molecule has 0 radical (unpaired) electrons. The number of hydrogen-bond acceptors (Lipinski definition) is 5. The van der Waals surface area contributed by atoms with Crippen molar-refractivity contribution >= 4 is 29.1 Å². The average Bonchev–Trinajstić information content (AvgIpc) is 2.82. The number of rotatable bonds is 4. The number of benzene rings is 2. The Kier molecular flexibility index (Phi) is 3.97. The fourth-order valence-corrected chi connectivity index (χ4v) is 2.51. The van der Waals surface area contributed by atoms with Crippen LogP contribution in [0.3, 0.4) is 0 Å². The first-order valence-electron chi connectivity index (χ1n) is 7.08. The van der Waals surface area contributed by atoms with Crippen molar-refractivity contribution in [1.82, 2.24) is 4.90 Å². The molecule has 0 aromatic heterocycles. The lowest BCUT2D eigenvalue weighted by atomic mass is 10.1. The molecule has 2 aromatic carbocycles. The largest absolute Gasteiger partial charge is 0.322 e. The van der Waals surface area contributed by atoms with E-state index in [1.54, 1.807) is 0 Å². The predicted octanol–water partition coefficient (Wildman–Crippen LogP) is 1.97. The molecule has 0 saturated carbocycles. The van der Waals surface area contributed by atoms with Crippen LogP contribution in [0.1, 0.15) is 20.7 Å². The second-order valence-corrected chi connectivity index (χ2v) is 5.18. The second kappa shape index (κ2) is 6.11. The minimum Gasteiger partial charge on any atom is -0.322 e. The monoisotopic (exact) mass is 343 g/mol. The van der Waals surface area contributed by atoms with Crippen LogP contribution in [0, 0.1) is 15.9 Å². The van der Waals surface area contributed by atoms with Gasteiger partial charge in [0.25, 0.3) is 17.5 Å². The third kappa shape index (κ3) is 2.82. The Bertz CT molecular complexity index is 928. The summed E-state index contributed by atoms with van der Waals surface area (Å²) in [6, 6.07) is 9.06. The van der Waals surface area contributed by atoms with E-state index in [2.05, 4.69) is 5.32 Å². The first kappa shape index (κ1) is 16.2. The Hall–Kier alpha value is -3.62. The van der Waals surface area contributed by atoms with Crippen molar-refractivity contribution in [2.45, 2.75) is 0 Å². The van der Waals surface area contributed by atoms with Gasteiger partial charge in [-0.25, -0.2) is 4.39 Å². The topological polar surface area (TPSA) is 110 Å². The Labute approximate surface area is 140 Å². The van der Waals surface area contributed by atoms with Crippen molar-refractivity contribution in [3.63, 3.8) is 0 Å². The van der Waals surface area contributed by atoms with E-state index in [1.807, 2.05) is 0 Å². The Balaban J connectivity index is 1.83. The van der Waals surface area contributed by atoms with Crippen LogP contribution in [-0.4, -0.2) is 34.1 Å². The highest BCUT2D eigenvalue weighted by molar-refractivity contribution is 6.24. The molecule has 0 bridgehead atoms. The molecular formula is C16H10FN3O5. The van der Waals surface area contributed by atoms with Crippen LogP contribution in [0.25, 0.3) is 0 Å². The molecular weight excluding hydrogens is 333 g/mol. The van der Waals surface area contributed by atoms with Crippen molar-refractivity contribution in [2.75, 3.05) is 11.9 Å². The molecule has 0 saturated heterocycles. The van der Waals surface area contributed by atoms with Gasteiger partial charge in [-0.2, -0.15) is 0 Å². The van der Waals surface area contributed by atoms with Crippen molar-refractivity contribution in [1.29, 1.82) is 0 Å². The maximum atomic E-state index is 13.5. The highest BCUT2D eigenvalue weighted by atomic mass is 19.1. The SMILES string of the molecule is O=C(CN1C(=O)c2cccc([N+](=O)[O-])c2C1=O)Nc1ccccc1F. The summed E-state index contributed by atoms with van der Waals surface area (Å²) in [5.74, 6) is -3.22. The fourth-order valence-electron chi connectivity index (χ4n) is 2.51. The molecule has 9 heteroatoms. The van der Waals surface area contributed by atoms with E-state index in [0.717, 1.165) is 12.1 Å². The molecule has 1 aliphatic heterocycles. The average molecular weight is 343 g/mol. The van der Waals surface area contributed by atoms with Gasteiger partial charge in [0.05, 0.1) is 16.2 Å². The lowest BCUT2D eigenvalue weighted by Gasteiger charge is -2.13. The molecule has 1 aliphatic rings. The minimum absolute atomic E-state index is 0.102. The van der Waals surface area contributed by atoms with Crippen LogP contribution >= 0.6 is 0 Å². The molecule has 1 N–H and O–H groups in total. The summed E-state index contributed by atoms with van der Waals surface area (Å²) in [6.45, 7) is -0.683. The zero-order valence-corrected chi connectivity index (χ0v) is 12.6. The second-order valence-electron chi connectivity index (χ2n) is 5.18. The molecule has 0 aliphatic carbocycles. The number of carbonyl (C=O) groups is 3. The van der Waals surface area contributed by atoms with Crippen LogP contribution in [-0.2, 0) is 4.79 Å². The number of hydrogen-bond donors (Lipinski definition) is 1. The first-order chi connectivity index (χ1) is 11.9. The van der Waals surface area contributed by atoms with Crippen molar-refractivity contribution in [2.24, 2.45) is 0 Å². The summed E-state index contributed by atoms with van der Waals surface area (Å²) in [5, 5.41) is 13.3. The molecule has 8 nitrogen and oxygen atoms in total. The number of fused-ring (bicyclic) bond motifs is 1. The summed E-state index contributed by atoms with van der Waals surface area (Å²) >= 11 is 0. The van der Waals surface area contributed by atoms with E-state index in [1.165, 1.54) is 30.3 Å². The van der Waals surface area contributed by atoms with E-state index in [4.69, 9.17) is 0 Å². The van der Waals surface area contributed by atoms with E-state index < -0.39 is 40.7 Å². The number of nitrogens with one attached hydrogen (secondary N) is 1. The molecule has 0 fully saturated rings. The number of halogens is 1. The predicted molar refractivity (Wildman–Crippen MR) is 83.5 cm³/mol. The highest BCUT2D eigenvalue weighted by Crippen LogP contribution is 2.30. The molecule has 0 unspecified atom stereocenters. The summed E-state index contributed by atoms with van der Waals surface area (Å²) in [4.78, 5) is 47.5. The number of amides is 3. The van der Waals surface area contributed by atoms with Crippen LogP contribution in [0.4, 0.5) is 15.8 Å². The van der Waals surface area contributed by atoms with Gasteiger partial charge in [-0.15, -0.1) is 0 Å². The van der Waals surface area contributed by atoms with E-state index in [-0.39, 0.29) is 16.8 Å². The highest BCUT2D eigenvalue weighted by Gasteiger charge is 2.41. The van der Waals surface area contributed by atoms with Gasteiger partial charge in [0, 0.05) is 6.07 Å². The minimum atomic E-state index is -0.934. The van der Waals surface area contributed by atoms with Gasteiger partial charge in [0.2, 0.25) is 5.91 Å². The van der Waals surface area contributed by atoms with Crippen LogP contribution in [0.2, 0.25) is 0 Å². The molecule has 0 spiro atoms. The van der Waals surface area contributed by atoms with E-state index in [9.17, 15) is 28.9 Å². The number of nitro groups is 1. The van der Waals surface area contributed by atoms with Gasteiger partial charge in [-0.1, -0.05) is 18.2 Å². The lowest BCUT2D eigenvalue weighted by Crippen LogP contribution is -2.37. The number of carbonyl (C=O) groups excluding carboxylic acids is 3. The Morgan fingerprint density at radius 1 is 1.12 bits per heavy atom. The summed E-state index contributed by atoms with van der Waals surface area (Å²) in [6.07, 6.45) is 0. The Morgan fingerprint density at radius 2 is 1.84 bits per heavy atom. The number of anilines is 1.